The van der Waals surface area contributed by atoms with Crippen LogP contribution in [-0.4, -0.2) is 11.1 Å². The maximum atomic E-state index is 10.0. The van der Waals surface area contributed by atoms with Crippen molar-refractivity contribution in [2.24, 2.45) is 0 Å². The van der Waals surface area contributed by atoms with Crippen LogP contribution in [0, 0.1) is 0 Å². The predicted molar refractivity (Wildman–Crippen MR) is 61.6 cm³/mol. The quantitative estimate of drug-likeness (QED) is 0.627. The summed E-state index contributed by atoms with van der Waals surface area (Å²) in [4.78, 5) is 10.0. The molecule has 2 nitrogen and oxygen atoms in total. The highest BCUT2D eigenvalue weighted by Crippen LogP contribution is 2.04. The first-order chi connectivity index (χ1) is 6.68. The second-order valence-electron chi connectivity index (χ2n) is 3.56. The Morgan fingerprint density at radius 1 is 0.857 bits per heavy atom. The molecule has 0 atom stereocenters. The van der Waals surface area contributed by atoms with E-state index < -0.39 is 5.97 Å². The lowest BCUT2D eigenvalue weighted by atomic mass is 10.1. The van der Waals surface area contributed by atoms with Gasteiger partial charge < -0.3 is 5.11 Å². The van der Waals surface area contributed by atoms with Crippen molar-refractivity contribution in [1.82, 2.24) is 0 Å². The van der Waals surface area contributed by atoms with Crippen LogP contribution in [0.1, 0.15) is 72.1 Å². The van der Waals surface area contributed by atoms with E-state index in [9.17, 15) is 4.79 Å². The minimum Gasteiger partial charge on any atom is -0.481 e. The van der Waals surface area contributed by atoms with Gasteiger partial charge in [0.25, 0.3) is 0 Å². The summed E-state index contributed by atoms with van der Waals surface area (Å²) < 4.78 is 0. The van der Waals surface area contributed by atoms with Crippen molar-refractivity contribution in [2.75, 3.05) is 0 Å². The molecule has 1 N–H and O–H groups in total. The molecule has 86 valence electrons. The van der Waals surface area contributed by atoms with E-state index in [0.717, 1.165) is 12.8 Å². The highest BCUT2D eigenvalue weighted by molar-refractivity contribution is 5.66. The summed E-state index contributed by atoms with van der Waals surface area (Å²) in [5.74, 6) is -0.670. The van der Waals surface area contributed by atoms with E-state index in [4.69, 9.17) is 5.11 Å². The van der Waals surface area contributed by atoms with Crippen LogP contribution in [0.4, 0.5) is 0 Å². The normalized spacial score (nSPS) is 9.07. The van der Waals surface area contributed by atoms with E-state index in [0.29, 0.717) is 6.42 Å². The molecule has 0 radical (unpaired) electrons. The van der Waals surface area contributed by atoms with E-state index >= 15 is 0 Å². The second kappa shape index (κ2) is 15.0. The SMILES string of the molecule is CCCC.CCCCCCCC(=O)O. The molecule has 0 aliphatic carbocycles. The molecule has 0 saturated heterocycles. The van der Waals surface area contributed by atoms with Crippen molar-refractivity contribution in [3.63, 3.8) is 0 Å². The lowest BCUT2D eigenvalue weighted by Gasteiger charge is -1.95. The minimum absolute atomic E-state index is 0.337. The average Bonchev–Trinajstić information content (AvgIpc) is 2.18. The molecule has 0 aromatic rings. The van der Waals surface area contributed by atoms with Gasteiger partial charge in [0.2, 0.25) is 0 Å². The van der Waals surface area contributed by atoms with Crippen LogP contribution in [0.25, 0.3) is 0 Å². The summed E-state index contributed by atoms with van der Waals surface area (Å²) in [7, 11) is 0. The fraction of sp³-hybridized carbons (Fsp3) is 0.917. The summed E-state index contributed by atoms with van der Waals surface area (Å²) in [5.41, 5.74) is 0. The summed E-state index contributed by atoms with van der Waals surface area (Å²) in [6, 6.07) is 0. The maximum absolute atomic E-state index is 10.0. The maximum Gasteiger partial charge on any atom is 0.303 e. The van der Waals surface area contributed by atoms with Crippen molar-refractivity contribution >= 4 is 5.97 Å². The van der Waals surface area contributed by atoms with Crippen molar-refractivity contribution in [2.45, 2.75) is 72.1 Å². The number of carboxylic acids is 1. The fourth-order valence-electron chi connectivity index (χ4n) is 0.880. The molecule has 0 aliphatic rings. The van der Waals surface area contributed by atoms with Crippen molar-refractivity contribution in [3.8, 4) is 0 Å². The third-order valence-corrected chi connectivity index (χ3v) is 1.99. The molecular formula is C12H26O2. The summed E-state index contributed by atoms with van der Waals surface area (Å²) in [6.07, 6.45) is 8.52. The third kappa shape index (κ3) is 22.5. The highest BCUT2D eigenvalue weighted by Gasteiger charge is 1.94. The fourth-order valence-corrected chi connectivity index (χ4v) is 0.880. The van der Waals surface area contributed by atoms with Crippen LogP contribution >= 0.6 is 0 Å². The Labute approximate surface area is 88.7 Å². The van der Waals surface area contributed by atoms with E-state index in [1.807, 2.05) is 0 Å². The van der Waals surface area contributed by atoms with Crippen LogP contribution in [0.3, 0.4) is 0 Å². The van der Waals surface area contributed by atoms with E-state index in [-0.39, 0.29) is 0 Å². The van der Waals surface area contributed by atoms with Crippen molar-refractivity contribution < 1.29 is 9.90 Å². The van der Waals surface area contributed by atoms with Gasteiger partial charge in [0, 0.05) is 6.42 Å². The average molecular weight is 202 g/mol. The zero-order chi connectivity index (χ0) is 11.2. The first-order valence-electron chi connectivity index (χ1n) is 5.90. The van der Waals surface area contributed by atoms with Crippen molar-refractivity contribution in [1.29, 1.82) is 0 Å². The van der Waals surface area contributed by atoms with Crippen LogP contribution in [-0.2, 0) is 4.79 Å². The Morgan fingerprint density at radius 3 is 1.71 bits per heavy atom. The highest BCUT2D eigenvalue weighted by atomic mass is 16.4. The van der Waals surface area contributed by atoms with Gasteiger partial charge in [-0.25, -0.2) is 0 Å². The van der Waals surface area contributed by atoms with Gasteiger partial charge in [-0.3, -0.25) is 4.79 Å². The van der Waals surface area contributed by atoms with Gasteiger partial charge in [-0.2, -0.15) is 0 Å². The second-order valence-corrected chi connectivity index (χ2v) is 3.56. The third-order valence-electron chi connectivity index (χ3n) is 1.99. The Balaban J connectivity index is 0. The van der Waals surface area contributed by atoms with Crippen molar-refractivity contribution in [3.05, 3.63) is 0 Å². The standard InChI is InChI=1S/C8H16O2.C4H10/c1-2-3-4-5-6-7-8(9)10;1-3-4-2/h2-7H2,1H3,(H,9,10);3-4H2,1-2H3. The summed E-state index contributed by atoms with van der Waals surface area (Å²) in [6.45, 7) is 6.51. The minimum atomic E-state index is -0.670. The van der Waals surface area contributed by atoms with Gasteiger partial charge in [0.1, 0.15) is 0 Å². The van der Waals surface area contributed by atoms with Gasteiger partial charge in [-0.1, -0.05) is 59.3 Å². The van der Waals surface area contributed by atoms with E-state index in [1.54, 1.807) is 0 Å². The number of rotatable bonds is 7. The number of unbranched alkanes of at least 4 members (excludes halogenated alkanes) is 5. The molecule has 0 spiro atoms. The van der Waals surface area contributed by atoms with Crippen LogP contribution in [0.5, 0.6) is 0 Å². The molecule has 14 heavy (non-hydrogen) atoms. The lowest BCUT2D eigenvalue weighted by Crippen LogP contribution is -1.93. The molecule has 0 rings (SSSR count). The first kappa shape index (κ1) is 15.9. The topological polar surface area (TPSA) is 37.3 Å². The van der Waals surface area contributed by atoms with Gasteiger partial charge >= 0.3 is 5.97 Å². The molecule has 0 bridgehead atoms. The number of hydrogen-bond acceptors (Lipinski definition) is 1. The Bertz CT molecular complexity index is 109. The lowest BCUT2D eigenvalue weighted by molar-refractivity contribution is -0.137. The zero-order valence-electron chi connectivity index (χ0n) is 10.0. The van der Waals surface area contributed by atoms with Crippen LogP contribution in [0.15, 0.2) is 0 Å². The predicted octanol–water partition coefficient (Wildman–Crippen LogP) is 4.24. The molecule has 0 aliphatic heterocycles. The van der Waals surface area contributed by atoms with Gasteiger partial charge in [-0.15, -0.1) is 0 Å². The molecule has 0 aromatic carbocycles. The van der Waals surface area contributed by atoms with E-state index in [1.165, 1.54) is 32.1 Å². The smallest absolute Gasteiger partial charge is 0.303 e. The largest absolute Gasteiger partial charge is 0.481 e. The number of aliphatic carboxylic acids is 1. The van der Waals surface area contributed by atoms with Gasteiger partial charge in [0.05, 0.1) is 0 Å². The van der Waals surface area contributed by atoms with Gasteiger partial charge in [0.15, 0.2) is 0 Å². The van der Waals surface area contributed by atoms with Gasteiger partial charge in [-0.05, 0) is 6.42 Å². The number of hydrogen-bond donors (Lipinski definition) is 1. The molecule has 0 heterocycles. The molecule has 2 heteroatoms. The first-order valence-corrected chi connectivity index (χ1v) is 5.90. The summed E-state index contributed by atoms with van der Waals surface area (Å²) in [5, 5.41) is 8.27. The Morgan fingerprint density at radius 2 is 1.36 bits per heavy atom. The van der Waals surface area contributed by atoms with E-state index in [2.05, 4.69) is 20.8 Å². The Kier molecular flexibility index (Phi) is 17.0. The monoisotopic (exact) mass is 202 g/mol. The molecular weight excluding hydrogens is 176 g/mol. The van der Waals surface area contributed by atoms with Crippen LogP contribution in [0.2, 0.25) is 0 Å². The van der Waals surface area contributed by atoms with Crippen LogP contribution < -0.4 is 0 Å². The number of carbonyl (C=O) groups is 1. The molecule has 0 amide bonds. The molecule has 0 saturated carbocycles. The summed E-state index contributed by atoms with van der Waals surface area (Å²) >= 11 is 0. The zero-order valence-corrected chi connectivity index (χ0v) is 10.0. The molecule has 0 unspecified atom stereocenters. The molecule has 0 fully saturated rings. The Hall–Kier alpha value is -0.530. The number of carboxylic acid groups (broad SMARTS) is 1. The molecule has 0 aromatic heterocycles.